The van der Waals surface area contributed by atoms with Crippen molar-refractivity contribution in [3.05, 3.63) is 53.9 Å². The molecule has 0 spiro atoms. The number of piperidine rings is 1. The highest BCUT2D eigenvalue weighted by Gasteiger charge is 2.27. The highest BCUT2D eigenvalue weighted by Crippen LogP contribution is 2.29. The summed E-state index contributed by atoms with van der Waals surface area (Å²) in [4.78, 5) is 30.3. The van der Waals surface area contributed by atoms with Crippen molar-refractivity contribution in [3.8, 4) is 11.5 Å². The lowest BCUT2D eigenvalue weighted by atomic mass is 9.96. The van der Waals surface area contributed by atoms with Gasteiger partial charge in [0, 0.05) is 38.4 Å². The zero-order chi connectivity index (χ0) is 21.3. The smallest absolute Gasteiger partial charge is 0.225 e. The average molecular weight is 412 g/mol. The summed E-state index contributed by atoms with van der Waals surface area (Å²) in [6.07, 6.45) is 5.60. The summed E-state index contributed by atoms with van der Waals surface area (Å²) in [5.74, 6) is 1.21. The Morgan fingerprint density at radius 2 is 1.97 bits per heavy atom. The van der Waals surface area contributed by atoms with Crippen molar-refractivity contribution in [2.24, 2.45) is 5.92 Å². The second-order valence-electron chi connectivity index (χ2n) is 7.38. The van der Waals surface area contributed by atoms with E-state index in [9.17, 15) is 9.59 Å². The normalized spacial score (nSPS) is 16.1. The number of pyridine rings is 1. The molecular weight excluding hydrogens is 382 g/mol. The Balaban J connectivity index is 1.55. The summed E-state index contributed by atoms with van der Waals surface area (Å²) < 4.78 is 11.3. The first-order chi connectivity index (χ1) is 14.6. The summed E-state index contributed by atoms with van der Waals surface area (Å²) in [6, 6.07) is 9.44. The van der Waals surface area contributed by atoms with Gasteiger partial charge in [-0.3, -0.25) is 14.6 Å². The maximum Gasteiger partial charge on any atom is 0.225 e. The van der Waals surface area contributed by atoms with Crippen LogP contribution in [0.4, 0.5) is 0 Å². The molecule has 1 unspecified atom stereocenters. The van der Waals surface area contributed by atoms with Gasteiger partial charge in [0.2, 0.25) is 11.8 Å². The average Bonchev–Trinajstić information content (AvgIpc) is 2.81. The number of amides is 2. The van der Waals surface area contributed by atoms with Crippen molar-refractivity contribution in [3.63, 3.8) is 0 Å². The van der Waals surface area contributed by atoms with Crippen LogP contribution < -0.4 is 14.8 Å². The predicted octanol–water partition coefficient (Wildman–Crippen LogP) is 2.93. The standard InChI is InChI=1S/C23H29N3O4/c1-3-22(27)26-12-4-5-19(15-26)23(28)25-14-18-6-7-20(21(13-18)29-2)30-16-17-8-10-24-11-9-17/h6-11,13,19H,3-5,12,14-16H2,1-2H3,(H,25,28). The molecule has 2 amide bonds. The molecule has 2 aromatic rings. The Bertz CT molecular complexity index is 857. The fourth-order valence-electron chi connectivity index (χ4n) is 3.56. The van der Waals surface area contributed by atoms with Crippen LogP contribution in [0.15, 0.2) is 42.7 Å². The molecule has 1 aliphatic heterocycles. The van der Waals surface area contributed by atoms with Gasteiger partial charge in [0.1, 0.15) is 6.61 Å². The van der Waals surface area contributed by atoms with Gasteiger partial charge in [0.25, 0.3) is 0 Å². The number of nitrogens with one attached hydrogen (secondary N) is 1. The lowest BCUT2D eigenvalue weighted by Gasteiger charge is -2.32. The van der Waals surface area contributed by atoms with E-state index < -0.39 is 0 Å². The van der Waals surface area contributed by atoms with Gasteiger partial charge in [0.05, 0.1) is 13.0 Å². The first-order valence-electron chi connectivity index (χ1n) is 10.3. The van der Waals surface area contributed by atoms with Crippen LogP contribution in [0.5, 0.6) is 11.5 Å². The highest BCUT2D eigenvalue weighted by molar-refractivity contribution is 5.81. The van der Waals surface area contributed by atoms with Crippen LogP contribution in [-0.2, 0) is 22.7 Å². The molecule has 1 aromatic heterocycles. The van der Waals surface area contributed by atoms with Crippen LogP contribution in [0.2, 0.25) is 0 Å². The van der Waals surface area contributed by atoms with Crippen molar-refractivity contribution in [1.29, 1.82) is 0 Å². The number of carbonyl (C=O) groups excluding carboxylic acids is 2. The topological polar surface area (TPSA) is 80.8 Å². The largest absolute Gasteiger partial charge is 0.493 e. The summed E-state index contributed by atoms with van der Waals surface area (Å²) in [7, 11) is 1.60. The van der Waals surface area contributed by atoms with Gasteiger partial charge in [-0.2, -0.15) is 0 Å². The number of hydrogen-bond acceptors (Lipinski definition) is 5. The summed E-state index contributed by atoms with van der Waals surface area (Å²) >= 11 is 0. The van der Waals surface area contributed by atoms with Crippen LogP contribution in [0, 0.1) is 5.92 Å². The second-order valence-corrected chi connectivity index (χ2v) is 7.38. The maximum atomic E-state index is 12.6. The summed E-state index contributed by atoms with van der Waals surface area (Å²) in [5, 5.41) is 2.99. The quantitative estimate of drug-likeness (QED) is 0.722. The van der Waals surface area contributed by atoms with Gasteiger partial charge in [-0.05, 0) is 48.2 Å². The molecular formula is C23H29N3O4. The van der Waals surface area contributed by atoms with Crippen LogP contribution in [0.25, 0.3) is 0 Å². The number of nitrogens with zero attached hydrogens (tertiary/aromatic N) is 2. The number of aromatic nitrogens is 1. The van der Waals surface area contributed by atoms with Gasteiger partial charge >= 0.3 is 0 Å². The van der Waals surface area contributed by atoms with E-state index in [0.29, 0.717) is 37.6 Å². The van der Waals surface area contributed by atoms with E-state index in [1.54, 1.807) is 24.4 Å². The Labute approximate surface area is 177 Å². The predicted molar refractivity (Wildman–Crippen MR) is 113 cm³/mol. The van der Waals surface area contributed by atoms with Crippen molar-refractivity contribution >= 4 is 11.8 Å². The molecule has 160 valence electrons. The first kappa shape index (κ1) is 21.6. The van der Waals surface area contributed by atoms with Crippen LogP contribution in [0.1, 0.15) is 37.3 Å². The van der Waals surface area contributed by atoms with Gasteiger partial charge in [-0.15, -0.1) is 0 Å². The Hall–Kier alpha value is -3.09. The molecule has 1 saturated heterocycles. The van der Waals surface area contributed by atoms with Gasteiger partial charge in [0.15, 0.2) is 11.5 Å². The third-order valence-corrected chi connectivity index (χ3v) is 5.29. The zero-order valence-electron chi connectivity index (χ0n) is 17.6. The van der Waals surface area contributed by atoms with Gasteiger partial charge < -0.3 is 19.7 Å². The van der Waals surface area contributed by atoms with Crippen LogP contribution in [0.3, 0.4) is 0 Å². The fraction of sp³-hybridized carbons (Fsp3) is 0.435. The number of methoxy groups -OCH3 is 1. The molecule has 1 aromatic carbocycles. The van der Waals surface area contributed by atoms with E-state index in [2.05, 4.69) is 10.3 Å². The minimum Gasteiger partial charge on any atom is -0.493 e. The molecule has 3 rings (SSSR count). The fourth-order valence-corrected chi connectivity index (χ4v) is 3.56. The lowest BCUT2D eigenvalue weighted by Crippen LogP contribution is -2.45. The van der Waals surface area contributed by atoms with Crippen molar-refractivity contribution < 1.29 is 19.1 Å². The van der Waals surface area contributed by atoms with E-state index in [1.807, 2.05) is 37.3 Å². The molecule has 30 heavy (non-hydrogen) atoms. The number of rotatable bonds is 8. The molecule has 0 bridgehead atoms. The molecule has 7 nitrogen and oxygen atoms in total. The van der Waals surface area contributed by atoms with Gasteiger partial charge in [-0.1, -0.05) is 13.0 Å². The minimum atomic E-state index is -0.154. The Kier molecular flexibility index (Phi) is 7.65. The Morgan fingerprint density at radius 1 is 1.17 bits per heavy atom. The highest BCUT2D eigenvalue weighted by atomic mass is 16.5. The number of benzene rings is 1. The monoisotopic (exact) mass is 411 g/mol. The first-order valence-corrected chi connectivity index (χ1v) is 10.3. The summed E-state index contributed by atoms with van der Waals surface area (Å²) in [5.41, 5.74) is 1.94. The molecule has 0 radical (unpaired) electrons. The molecule has 0 saturated carbocycles. The summed E-state index contributed by atoms with van der Waals surface area (Å²) in [6.45, 7) is 3.92. The van der Waals surface area contributed by atoms with Crippen molar-refractivity contribution in [1.82, 2.24) is 15.2 Å². The molecule has 1 N–H and O–H groups in total. The molecule has 0 aliphatic carbocycles. The number of ether oxygens (including phenoxy) is 2. The molecule has 2 heterocycles. The Morgan fingerprint density at radius 3 is 2.70 bits per heavy atom. The third-order valence-electron chi connectivity index (χ3n) is 5.29. The number of carbonyl (C=O) groups is 2. The molecule has 1 aliphatic rings. The van der Waals surface area contributed by atoms with Crippen molar-refractivity contribution in [2.75, 3.05) is 20.2 Å². The van der Waals surface area contributed by atoms with E-state index >= 15 is 0 Å². The molecule has 1 fully saturated rings. The van der Waals surface area contributed by atoms with E-state index in [4.69, 9.17) is 9.47 Å². The molecule has 1 atom stereocenters. The van der Waals surface area contributed by atoms with Gasteiger partial charge in [-0.25, -0.2) is 0 Å². The minimum absolute atomic E-state index is 0.0133. The SMILES string of the molecule is CCC(=O)N1CCCC(C(=O)NCc2ccc(OCc3ccncc3)c(OC)c2)C1. The van der Waals surface area contributed by atoms with Crippen molar-refractivity contribution in [2.45, 2.75) is 39.3 Å². The number of hydrogen-bond donors (Lipinski definition) is 1. The zero-order valence-corrected chi connectivity index (χ0v) is 17.6. The third kappa shape index (κ3) is 5.72. The number of likely N-dealkylation sites (tertiary alicyclic amines) is 1. The van der Waals surface area contributed by atoms with Crippen LogP contribution in [-0.4, -0.2) is 41.9 Å². The van der Waals surface area contributed by atoms with Crippen LogP contribution >= 0.6 is 0 Å². The lowest BCUT2D eigenvalue weighted by molar-refractivity contribution is -0.135. The second kappa shape index (κ2) is 10.6. The maximum absolute atomic E-state index is 12.6. The van der Waals surface area contributed by atoms with E-state index in [1.165, 1.54) is 0 Å². The van der Waals surface area contributed by atoms with E-state index in [-0.39, 0.29) is 17.7 Å². The molecule has 7 heteroatoms. The van der Waals surface area contributed by atoms with E-state index in [0.717, 1.165) is 30.5 Å².